The van der Waals surface area contributed by atoms with Crippen molar-refractivity contribution in [3.05, 3.63) is 23.2 Å². The Labute approximate surface area is 90.1 Å². The number of benzene rings is 1. The van der Waals surface area contributed by atoms with Crippen LogP contribution in [-0.2, 0) is 11.2 Å². The molecule has 2 aromatic rings. The van der Waals surface area contributed by atoms with Gasteiger partial charge in [0.15, 0.2) is 0 Å². The maximum absolute atomic E-state index is 10.5. The van der Waals surface area contributed by atoms with Crippen molar-refractivity contribution >= 4 is 27.5 Å². The van der Waals surface area contributed by atoms with Gasteiger partial charge < -0.3 is 9.84 Å². The average Bonchev–Trinajstić information content (AvgIpc) is 2.57. The summed E-state index contributed by atoms with van der Waals surface area (Å²) in [5.74, 6) is -0.129. The fourth-order valence-electron chi connectivity index (χ4n) is 1.29. The van der Waals surface area contributed by atoms with E-state index >= 15 is 0 Å². The van der Waals surface area contributed by atoms with Gasteiger partial charge in [-0.05, 0) is 12.1 Å². The zero-order chi connectivity index (χ0) is 10.8. The lowest BCUT2D eigenvalue weighted by Crippen LogP contribution is -1.98. The molecule has 4 nitrogen and oxygen atoms in total. The van der Waals surface area contributed by atoms with Crippen molar-refractivity contribution in [2.45, 2.75) is 6.42 Å². The van der Waals surface area contributed by atoms with E-state index in [1.165, 1.54) is 11.3 Å². The van der Waals surface area contributed by atoms with E-state index in [4.69, 9.17) is 9.84 Å². The van der Waals surface area contributed by atoms with E-state index in [9.17, 15) is 4.79 Å². The van der Waals surface area contributed by atoms with E-state index in [-0.39, 0.29) is 6.42 Å². The van der Waals surface area contributed by atoms with Gasteiger partial charge in [-0.2, -0.15) is 0 Å². The lowest BCUT2D eigenvalue weighted by molar-refractivity contribution is -0.136. The summed E-state index contributed by atoms with van der Waals surface area (Å²) in [5.41, 5.74) is 0.788. The lowest BCUT2D eigenvalue weighted by atomic mass is 10.3. The predicted octanol–water partition coefficient (Wildman–Crippen LogP) is 1.93. The minimum atomic E-state index is -0.860. The summed E-state index contributed by atoms with van der Waals surface area (Å²) in [6, 6.07) is 5.53. The highest BCUT2D eigenvalue weighted by molar-refractivity contribution is 7.18. The monoisotopic (exact) mass is 223 g/mol. The standard InChI is InChI=1S/C10H9NO3S/c1-14-6-2-3-8-7(4-6)11-9(15-8)5-10(12)13/h2-4H,5H2,1H3,(H,12,13). The van der Waals surface area contributed by atoms with Gasteiger partial charge in [-0.3, -0.25) is 4.79 Å². The molecule has 0 radical (unpaired) electrons. The maximum Gasteiger partial charge on any atom is 0.310 e. The summed E-state index contributed by atoms with van der Waals surface area (Å²) in [6.07, 6.45) is -0.0261. The van der Waals surface area contributed by atoms with Crippen molar-refractivity contribution in [3.63, 3.8) is 0 Å². The molecule has 1 heterocycles. The van der Waals surface area contributed by atoms with Crippen LogP contribution in [0.4, 0.5) is 0 Å². The Morgan fingerprint density at radius 1 is 1.60 bits per heavy atom. The number of carbonyl (C=O) groups is 1. The quantitative estimate of drug-likeness (QED) is 0.863. The summed E-state index contributed by atoms with van der Waals surface area (Å²) < 4.78 is 6.04. The van der Waals surface area contributed by atoms with Crippen LogP contribution in [0.3, 0.4) is 0 Å². The van der Waals surface area contributed by atoms with Crippen molar-refractivity contribution in [2.24, 2.45) is 0 Å². The third kappa shape index (κ3) is 2.07. The van der Waals surface area contributed by atoms with Crippen molar-refractivity contribution in [1.82, 2.24) is 4.98 Å². The molecule has 2 rings (SSSR count). The van der Waals surface area contributed by atoms with Crippen molar-refractivity contribution in [1.29, 1.82) is 0 Å². The number of hydrogen-bond donors (Lipinski definition) is 1. The topological polar surface area (TPSA) is 59.4 Å². The van der Waals surface area contributed by atoms with Crippen LogP contribution < -0.4 is 4.74 Å². The molecule has 0 aliphatic rings. The Morgan fingerprint density at radius 2 is 2.40 bits per heavy atom. The van der Waals surface area contributed by atoms with Crippen molar-refractivity contribution < 1.29 is 14.6 Å². The van der Waals surface area contributed by atoms with E-state index in [2.05, 4.69) is 4.98 Å². The van der Waals surface area contributed by atoms with Crippen molar-refractivity contribution in [3.8, 4) is 5.75 Å². The average molecular weight is 223 g/mol. The molecule has 0 aliphatic heterocycles. The van der Waals surface area contributed by atoms with Crippen LogP contribution in [0, 0.1) is 0 Å². The highest BCUT2D eigenvalue weighted by Gasteiger charge is 2.07. The highest BCUT2D eigenvalue weighted by atomic mass is 32.1. The summed E-state index contributed by atoms with van der Waals surface area (Å²) in [4.78, 5) is 14.7. The second-order valence-electron chi connectivity index (χ2n) is 3.01. The number of aliphatic carboxylic acids is 1. The van der Waals surface area contributed by atoms with Gasteiger partial charge in [-0.25, -0.2) is 4.98 Å². The molecule has 0 unspecified atom stereocenters. The van der Waals surface area contributed by atoms with Crippen LogP contribution in [0.25, 0.3) is 10.2 Å². The van der Waals surface area contributed by atoms with Crippen LogP contribution in [0.2, 0.25) is 0 Å². The van der Waals surface area contributed by atoms with Gasteiger partial charge in [0.25, 0.3) is 0 Å². The molecule has 0 saturated carbocycles. The smallest absolute Gasteiger partial charge is 0.310 e. The molecule has 0 amide bonds. The third-order valence-corrected chi connectivity index (χ3v) is 2.98. The molecular weight excluding hydrogens is 214 g/mol. The van der Waals surface area contributed by atoms with Crippen molar-refractivity contribution in [2.75, 3.05) is 7.11 Å². The molecule has 0 saturated heterocycles. The largest absolute Gasteiger partial charge is 0.497 e. The van der Waals surface area contributed by atoms with E-state index in [1.54, 1.807) is 13.2 Å². The van der Waals surface area contributed by atoms with Crippen LogP contribution in [0.15, 0.2) is 18.2 Å². The maximum atomic E-state index is 10.5. The van der Waals surface area contributed by atoms with Crippen LogP contribution in [0.1, 0.15) is 5.01 Å². The predicted molar refractivity (Wildman–Crippen MR) is 57.5 cm³/mol. The summed E-state index contributed by atoms with van der Waals surface area (Å²) in [6.45, 7) is 0. The van der Waals surface area contributed by atoms with Crippen LogP contribution in [0.5, 0.6) is 5.75 Å². The molecular formula is C10H9NO3S. The second-order valence-corrected chi connectivity index (χ2v) is 4.13. The normalized spacial score (nSPS) is 10.5. The molecule has 1 N–H and O–H groups in total. The number of methoxy groups -OCH3 is 1. The summed E-state index contributed by atoms with van der Waals surface area (Å²) in [5, 5.41) is 9.25. The molecule has 78 valence electrons. The van der Waals surface area contributed by atoms with Crippen LogP contribution >= 0.6 is 11.3 Å². The molecule has 0 atom stereocenters. The number of thiazole rings is 1. The number of rotatable bonds is 3. The Morgan fingerprint density at radius 3 is 3.07 bits per heavy atom. The molecule has 15 heavy (non-hydrogen) atoms. The molecule has 0 aliphatic carbocycles. The Bertz CT molecular complexity index is 506. The molecule has 0 spiro atoms. The van der Waals surface area contributed by atoms with Gasteiger partial charge in [0.1, 0.15) is 10.8 Å². The van der Waals surface area contributed by atoms with E-state index < -0.39 is 5.97 Å². The Kier molecular flexibility index (Phi) is 2.55. The fourth-order valence-corrected chi connectivity index (χ4v) is 2.23. The van der Waals surface area contributed by atoms with E-state index in [0.29, 0.717) is 5.01 Å². The van der Waals surface area contributed by atoms with Gasteiger partial charge in [0, 0.05) is 6.07 Å². The Hall–Kier alpha value is -1.62. The van der Waals surface area contributed by atoms with Crippen LogP contribution in [-0.4, -0.2) is 23.2 Å². The first-order chi connectivity index (χ1) is 7.19. The first kappa shape index (κ1) is 9.92. The van der Waals surface area contributed by atoms with Gasteiger partial charge in [-0.15, -0.1) is 11.3 Å². The zero-order valence-corrected chi connectivity index (χ0v) is 8.87. The lowest BCUT2D eigenvalue weighted by Gasteiger charge is -1.96. The second kappa shape index (κ2) is 3.86. The first-order valence-corrected chi connectivity index (χ1v) is 5.16. The minimum absolute atomic E-state index is 0.0261. The van der Waals surface area contributed by atoms with Gasteiger partial charge in [-0.1, -0.05) is 0 Å². The number of ether oxygens (including phenoxy) is 1. The zero-order valence-electron chi connectivity index (χ0n) is 8.06. The number of carboxylic acids is 1. The van der Waals surface area contributed by atoms with Gasteiger partial charge in [0.2, 0.25) is 0 Å². The van der Waals surface area contributed by atoms with Gasteiger partial charge in [0.05, 0.1) is 23.7 Å². The SMILES string of the molecule is COc1ccc2sc(CC(=O)O)nc2c1. The molecule has 0 fully saturated rings. The first-order valence-electron chi connectivity index (χ1n) is 4.34. The number of hydrogen-bond acceptors (Lipinski definition) is 4. The van der Waals surface area contributed by atoms with E-state index in [0.717, 1.165) is 16.0 Å². The molecule has 1 aromatic carbocycles. The Balaban J connectivity index is 2.42. The highest BCUT2D eigenvalue weighted by Crippen LogP contribution is 2.26. The number of aromatic nitrogens is 1. The molecule has 5 heteroatoms. The van der Waals surface area contributed by atoms with Gasteiger partial charge >= 0.3 is 5.97 Å². The number of nitrogens with zero attached hydrogens (tertiary/aromatic N) is 1. The molecule has 1 aromatic heterocycles. The minimum Gasteiger partial charge on any atom is -0.497 e. The number of fused-ring (bicyclic) bond motifs is 1. The molecule has 0 bridgehead atoms. The van der Waals surface area contributed by atoms with E-state index in [1.807, 2.05) is 12.1 Å². The fraction of sp³-hybridized carbons (Fsp3) is 0.200. The number of carboxylic acid groups (broad SMARTS) is 1. The third-order valence-electron chi connectivity index (χ3n) is 1.94. The summed E-state index contributed by atoms with van der Waals surface area (Å²) >= 11 is 1.40. The summed E-state index contributed by atoms with van der Waals surface area (Å²) in [7, 11) is 1.59.